The lowest BCUT2D eigenvalue weighted by atomic mass is 10.1. The number of esters is 1. The number of hydrogen-bond acceptors (Lipinski definition) is 4. The first-order valence-corrected chi connectivity index (χ1v) is 6.49. The van der Waals surface area contributed by atoms with E-state index in [0.717, 1.165) is 5.56 Å². The molecule has 0 aliphatic rings. The normalized spacial score (nSPS) is 10.1. The van der Waals surface area contributed by atoms with Crippen molar-refractivity contribution < 1.29 is 14.6 Å². The van der Waals surface area contributed by atoms with Crippen LogP contribution in [-0.2, 0) is 11.3 Å². The molecule has 0 radical (unpaired) electrons. The van der Waals surface area contributed by atoms with Gasteiger partial charge in [-0.25, -0.2) is 4.79 Å². The van der Waals surface area contributed by atoms with Crippen molar-refractivity contribution >= 4 is 11.7 Å². The Morgan fingerprint density at radius 3 is 2.60 bits per heavy atom. The van der Waals surface area contributed by atoms with Crippen LogP contribution in [0.3, 0.4) is 0 Å². The Kier molecular flexibility index (Phi) is 4.60. The number of aromatic hydroxyl groups is 1. The van der Waals surface area contributed by atoms with Crippen molar-refractivity contribution in [3.05, 3.63) is 59.7 Å². The minimum atomic E-state index is -0.354. The lowest BCUT2D eigenvalue weighted by Gasteiger charge is -2.12. The third-order valence-electron chi connectivity index (χ3n) is 2.88. The summed E-state index contributed by atoms with van der Waals surface area (Å²) in [5.74, 6) is -0.124. The molecule has 4 nitrogen and oxygen atoms in total. The van der Waals surface area contributed by atoms with E-state index in [2.05, 4.69) is 5.32 Å². The van der Waals surface area contributed by atoms with Gasteiger partial charge in [0.1, 0.15) is 5.75 Å². The fourth-order valence-corrected chi connectivity index (χ4v) is 1.87. The van der Waals surface area contributed by atoms with Gasteiger partial charge in [0.25, 0.3) is 0 Å². The van der Waals surface area contributed by atoms with Crippen molar-refractivity contribution in [1.82, 2.24) is 0 Å². The smallest absolute Gasteiger partial charge is 0.340 e. The van der Waals surface area contributed by atoms with Gasteiger partial charge in [-0.15, -0.1) is 0 Å². The molecule has 0 atom stereocenters. The third kappa shape index (κ3) is 3.29. The van der Waals surface area contributed by atoms with Crippen LogP contribution in [0.4, 0.5) is 5.69 Å². The van der Waals surface area contributed by atoms with E-state index in [9.17, 15) is 9.90 Å². The molecule has 104 valence electrons. The van der Waals surface area contributed by atoms with Crippen LogP contribution in [0.2, 0.25) is 0 Å². The van der Waals surface area contributed by atoms with E-state index < -0.39 is 0 Å². The van der Waals surface area contributed by atoms with Crippen LogP contribution in [-0.4, -0.2) is 17.7 Å². The summed E-state index contributed by atoms with van der Waals surface area (Å²) in [6, 6.07) is 14.2. The molecule has 2 rings (SSSR count). The molecule has 0 saturated carbocycles. The van der Waals surface area contributed by atoms with Gasteiger partial charge in [-0.1, -0.05) is 30.3 Å². The van der Waals surface area contributed by atoms with Gasteiger partial charge in [-0.05, 0) is 25.1 Å². The Balaban J connectivity index is 2.14. The van der Waals surface area contributed by atoms with Gasteiger partial charge in [0.15, 0.2) is 0 Å². The van der Waals surface area contributed by atoms with E-state index in [4.69, 9.17) is 4.74 Å². The van der Waals surface area contributed by atoms with Crippen LogP contribution in [0.25, 0.3) is 0 Å². The largest absolute Gasteiger partial charge is 0.508 e. The Morgan fingerprint density at radius 2 is 1.85 bits per heavy atom. The summed E-state index contributed by atoms with van der Waals surface area (Å²) in [7, 11) is 0. The number of phenols is 1. The van der Waals surface area contributed by atoms with E-state index in [1.165, 1.54) is 0 Å². The first-order valence-electron chi connectivity index (χ1n) is 6.49. The number of carbonyl (C=O) groups excluding carboxylic acids is 1. The number of nitrogens with one attached hydrogen (secondary N) is 1. The first-order chi connectivity index (χ1) is 9.72. The maximum Gasteiger partial charge on any atom is 0.340 e. The molecule has 0 saturated heterocycles. The summed E-state index contributed by atoms with van der Waals surface area (Å²) >= 11 is 0. The summed E-state index contributed by atoms with van der Waals surface area (Å²) in [6.45, 7) is 2.55. The summed E-state index contributed by atoms with van der Waals surface area (Å²) < 4.78 is 5.02. The summed E-state index contributed by atoms with van der Waals surface area (Å²) in [6.07, 6.45) is 0. The van der Waals surface area contributed by atoms with Gasteiger partial charge in [0.2, 0.25) is 0 Å². The van der Waals surface area contributed by atoms with Crippen molar-refractivity contribution in [1.29, 1.82) is 0 Å². The molecule has 0 spiro atoms. The predicted octanol–water partition coefficient (Wildman–Crippen LogP) is 3.18. The number of phenolic OH excluding ortho intramolecular Hbond substituents is 1. The summed E-state index contributed by atoms with van der Waals surface area (Å²) in [5.41, 5.74) is 1.95. The number of para-hydroxylation sites is 2. The van der Waals surface area contributed by atoms with Crippen molar-refractivity contribution in [3.63, 3.8) is 0 Å². The van der Waals surface area contributed by atoms with Gasteiger partial charge in [0, 0.05) is 17.8 Å². The van der Waals surface area contributed by atoms with Crippen molar-refractivity contribution in [2.75, 3.05) is 11.9 Å². The van der Waals surface area contributed by atoms with Crippen LogP contribution in [0.15, 0.2) is 48.5 Å². The highest BCUT2D eigenvalue weighted by Crippen LogP contribution is 2.20. The fourth-order valence-electron chi connectivity index (χ4n) is 1.87. The Hall–Kier alpha value is -2.49. The number of carbonyl (C=O) groups is 1. The Labute approximate surface area is 118 Å². The molecule has 0 heterocycles. The maximum atomic E-state index is 11.8. The van der Waals surface area contributed by atoms with Gasteiger partial charge in [-0.3, -0.25) is 0 Å². The minimum absolute atomic E-state index is 0.230. The quantitative estimate of drug-likeness (QED) is 0.820. The fraction of sp³-hybridized carbons (Fsp3) is 0.188. The molecule has 0 aromatic heterocycles. The summed E-state index contributed by atoms with van der Waals surface area (Å²) in [4.78, 5) is 11.8. The molecule has 20 heavy (non-hydrogen) atoms. The van der Waals surface area contributed by atoms with Crippen LogP contribution < -0.4 is 5.32 Å². The minimum Gasteiger partial charge on any atom is -0.508 e. The second-order valence-corrected chi connectivity index (χ2v) is 4.25. The van der Waals surface area contributed by atoms with Gasteiger partial charge < -0.3 is 15.2 Å². The van der Waals surface area contributed by atoms with E-state index >= 15 is 0 Å². The van der Waals surface area contributed by atoms with Crippen molar-refractivity contribution in [2.45, 2.75) is 13.5 Å². The lowest BCUT2D eigenvalue weighted by molar-refractivity contribution is 0.0527. The molecule has 0 aliphatic carbocycles. The predicted molar refractivity (Wildman–Crippen MR) is 77.8 cm³/mol. The second-order valence-electron chi connectivity index (χ2n) is 4.25. The SMILES string of the molecule is CCOC(=O)c1ccccc1NCc1ccccc1O. The van der Waals surface area contributed by atoms with Crippen LogP contribution in [0.5, 0.6) is 5.75 Å². The molecule has 0 bridgehead atoms. The monoisotopic (exact) mass is 271 g/mol. The standard InChI is InChI=1S/C16H17NO3/c1-2-20-16(19)13-8-4-5-9-14(13)17-11-12-7-3-6-10-15(12)18/h3-10,17-18H,2,11H2,1H3. The number of hydrogen-bond donors (Lipinski definition) is 2. The summed E-state index contributed by atoms with van der Waals surface area (Å²) in [5, 5.41) is 12.9. The molecule has 2 aromatic rings. The van der Waals surface area contributed by atoms with Crippen LogP contribution in [0.1, 0.15) is 22.8 Å². The molecular formula is C16H17NO3. The van der Waals surface area contributed by atoms with Crippen molar-refractivity contribution in [3.8, 4) is 5.75 Å². The topological polar surface area (TPSA) is 58.6 Å². The third-order valence-corrected chi connectivity index (χ3v) is 2.88. The molecule has 4 heteroatoms. The number of benzene rings is 2. The zero-order valence-electron chi connectivity index (χ0n) is 11.3. The van der Waals surface area contributed by atoms with E-state index in [0.29, 0.717) is 24.4 Å². The maximum absolute atomic E-state index is 11.8. The van der Waals surface area contributed by atoms with Crippen LogP contribution >= 0.6 is 0 Å². The zero-order chi connectivity index (χ0) is 14.4. The van der Waals surface area contributed by atoms with E-state index in [1.54, 1.807) is 31.2 Å². The first kappa shape index (κ1) is 13.9. The highest BCUT2D eigenvalue weighted by Gasteiger charge is 2.11. The highest BCUT2D eigenvalue weighted by molar-refractivity contribution is 5.95. The van der Waals surface area contributed by atoms with E-state index in [-0.39, 0.29) is 11.7 Å². The molecule has 0 unspecified atom stereocenters. The van der Waals surface area contributed by atoms with E-state index in [1.807, 2.05) is 24.3 Å². The number of anilines is 1. The number of rotatable bonds is 5. The number of ether oxygens (including phenoxy) is 1. The van der Waals surface area contributed by atoms with Crippen LogP contribution in [0, 0.1) is 0 Å². The Bertz CT molecular complexity index is 596. The molecule has 2 aromatic carbocycles. The molecule has 0 aliphatic heterocycles. The van der Waals surface area contributed by atoms with Gasteiger partial charge >= 0.3 is 5.97 Å². The molecular weight excluding hydrogens is 254 g/mol. The van der Waals surface area contributed by atoms with Crippen molar-refractivity contribution in [2.24, 2.45) is 0 Å². The Morgan fingerprint density at radius 1 is 1.15 bits per heavy atom. The average molecular weight is 271 g/mol. The zero-order valence-corrected chi connectivity index (χ0v) is 11.3. The average Bonchev–Trinajstić information content (AvgIpc) is 2.47. The molecule has 2 N–H and O–H groups in total. The van der Waals surface area contributed by atoms with Gasteiger partial charge in [-0.2, -0.15) is 0 Å². The molecule has 0 amide bonds. The second kappa shape index (κ2) is 6.61. The highest BCUT2D eigenvalue weighted by atomic mass is 16.5. The van der Waals surface area contributed by atoms with Gasteiger partial charge in [0.05, 0.1) is 12.2 Å². The molecule has 0 fully saturated rings. The lowest BCUT2D eigenvalue weighted by Crippen LogP contribution is -2.09.